The van der Waals surface area contributed by atoms with Crippen molar-refractivity contribution < 1.29 is 0 Å². The first-order valence-electron chi connectivity index (χ1n) is 9.69. The van der Waals surface area contributed by atoms with Crippen LogP contribution in [0.1, 0.15) is 56.0 Å². The van der Waals surface area contributed by atoms with Gasteiger partial charge in [-0.3, -0.25) is 0 Å². The SMILES string of the molecule is CCNC(=NCc1ccc(-n2nc(C)cc2C)nc1)NC1CCCCC1.I. The number of guanidine groups is 1. The summed E-state index contributed by atoms with van der Waals surface area (Å²) in [5, 5.41) is 11.4. The minimum absolute atomic E-state index is 0. The van der Waals surface area contributed by atoms with Crippen LogP contribution in [0.25, 0.3) is 5.82 Å². The van der Waals surface area contributed by atoms with E-state index < -0.39 is 0 Å². The maximum atomic E-state index is 4.73. The molecule has 0 bridgehead atoms. The molecule has 0 aliphatic heterocycles. The molecule has 2 aromatic heterocycles. The summed E-state index contributed by atoms with van der Waals surface area (Å²) in [5.41, 5.74) is 3.19. The standard InChI is InChI=1S/C20H30N6.HI/c1-4-21-20(24-18-8-6-5-7-9-18)23-14-17-10-11-19(22-13-17)26-16(3)12-15(2)25-26;/h10-13,18H,4-9,14H2,1-3H3,(H2,21,23,24);1H. The summed E-state index contributed by atoms with van der Waals surface area (Å²) >= 11 is 0. The van der Waals surface area contributed by atoms with Crippen LogP contribution in [0.5, 0.6) is 0 Å². The van der Waals surface area contributed by atoms with Gasteiger partial charge in [0, 0.05) is 24.5 Å². The predicted molar refractivity (Wildman–Crippen MR) is 121 cm³/mol. The van der Waals surface area contributed by atoms with E-state index in [0.717, 1.165) is 35.3 Å². The predicted octanol–water partition coefficient (Wildman–Crippen LogP) is 3.89. The van der Waals surface area contributed by atoms with Gasteiger partial charge in [-0.05, 0) is 51.3 Å². The highest BCUT2D eigenvalue weighted by molar-refractivity contribution is 14.0. The van der Waals surface area contributed by atoms with Crippen molar-refractivity contribution >= 4 is 29.9 Å². The fourth-order valence-electron chi connectivity index (χ4n) is 3.43. The second-order valence-electron chi connectivity index (χ2n) is 7.04. The molecule has 148 valence electrons. The van der Waals surface area contributed by atoms with E-state index in [-0.39, 0.29) is 24.0 Å². The number of pyridine rings is 1. The summed E-state index contributed by atoms with van der Waals surface area (Å²) in [6, 6.07) is 6.69. The van der Waals surface area contributed by atoms with Crippen molar-refractivity contribution in [2.45, 2.75) is 65.5 Å². The summed E-state index contributed by atoms with van der Waals surface area (Å²) in [5.74, 6) is 1.75. The summed E-state index contributed by atoms with van der Waals surface area (Å²) in [6.07, 6.45) is 8.36. The lowest BCUT2D eigenvalue weighted by Gasteiger charge is -2.24. The third kappa shape index (κ3) is 6.19. The number of halogens is 1. The lowest BCUT2D eigenvalue weighted by atomic mass is 9.96. The molecule has 0 radical (unpaired) electrons. The molecule has 0 saturated heterocycles. The van der Waals surface area contributed by atoms with E-state index >= 15 is 0 Å². The highest BCUT2D eigenvalue weighted by Gasteiger charge is 2.14. The third-order valence-electron chi connectivity index (χ3n) is 4.75. The number of aryl methyl sites for hydroxylation is 2. The minimum atomic E-state index is 0. The van der Waals surface area contributed by atoms with Crippen LogP contribution in [0.2, 0.25) is 0 Å². The molecule has 3 rings (SSSR count). The topological polar surface area (TPSA) is 67.1 Å². The molecule has 2 aromatic rings. The molecule has 2 heterocycles. The fraction of sp³-hybridized carbons (Fsp3) is 0.550. The van der Waals surface area contributed by atoms with Crippen molar-refractivity contribution in [3.8, 4) is 5.82 Å². The van der Waals surface area contributed by atoms with E-state index in [1.165, 1.54) is 32.1 Å². The normalized spacial score (nSPS) is 15.3. The Labute approximate surface area is 179 Å². The Morgan fingerprint density at radius 2 is 2.00 bits per heavy atom. The maximum absolute atomic E-state index is 4.73. The van der Waals surface area contributed by atoms with Crippen LogP contribution in [0.3, 0.4) is 0 Å². The molecule has 0 spiro atoms. The number of rotatable bonds is 5. The number of hydrogen-bond donors (Lipinski definition) is 2. The van der Waals surface area contributed by atoms with E-state index in [2.05, 4.69) is 39.8 Å². The van der Waals surface area contributed by atoms with Gasteiger partial charge in [0.2, 0.25) is 0 Å². The first-order valence-corrected chi connectivity index (χ1v) is 9.69. The zero-order valence-electron chi connectivity index (χ0n) is 16.5. The summed E-state index contributed by atoms with van der Waals surface area (Å²) < 4.78 is 1.87. The molecule has 0 atom stereocenters. The van der Waals surface area contributed by atoms with Gasteiger partial charge in [0.15, 0.2) is 11.8 Å². The molecular formula is C20H31IN6. The molecule has 1 aliphatic rings. The van der Waals surface area contributed by atoms with Gasteiger partial charge < -0.3 is 10.6 Å². The molecule has 27 heavy (non-hydrogen) atoms. The summed E-state index contributed by atoms with van der Waals surface area (Å²) in [7, 11) is 0. The zero-order valence-corrected chi connectivity index (χ0v) is 18.9. The highest BCUT2D eigenvalue weighted by atomic mass is 127. The average molecular weight is 482 g/mol. The number of aromatic nitrogens is 3. The Bertz CT molecular complexity index is 731. The van der Waals surface area contributed by atoms with Crippen molar-refractivity contribution in [3.05, 3.63) is 41.3 Å². The van der Waals surface area contributed by atoms with Gasteiger partial charge in [0.05, 0.1) is 12.2 Å². The molecule has 2 N–H and O–H groups in total. The van der Waals surface area contributed by atoms with Crippen molar-refractivity contribution in [2.75, 3.05) is 6.54 Å². The van der Waals surface area contributed by atoms with Crippen molar-refractivity contribution in [3.63, 3.8) is 0 Å². The van der Waals surface area contributed by atoms with Crippen molar-refractivity contribution in [1.29, 1.82) is 0 Å². The van der Waals surface area contributed by atoms with Crippen LogP contribution in [-0.4, -0.2) is 33.3 Å². The summed E-state index contributed by atoms with van der Waals surface area (Å²) in [6.45, 7) is 7.62. The Morgan fingerprint density at radius 1 is 1.22 bits per heavy atom. The number of nitrogens with one attached hydrogen (secondary N) is 2. The van der Waals surface area contributed by atoms with Gasteiger partial charge in [-0.2, -0.15) is 5.10 Å². The van der Waals surface area contributed by atoms with Crippen LogP contribution in [-0.2, 0) is 6.54 Å². The van der Waals surface area contributed by atoms with Crippen LogP contribution >= 0.6 is 24.0 Å². The van der Waals surface area contributed by atoms with Crippen LogP contribution in [0, 0.1) is 13.8 Å². The Morgan fingerprint density at radius 3 is 2.59 bits per heavy atom. The van der Waals surface area contributed by atoms with E-state index in [4.69, 9.17) is 4.99 Å². The fourth-order valence-corrected chi connectivity index (χ4v) is 3.43. The second-order valence-corrected chi connectivity index (χ2v) is 7.04. The number of aliphatic imine (C=N–C) groups is 1. The minimum Gasteiger partial charge on any atom is -0.357 e. The van der Waals surface area contributed by atoms with E-state index in [9.17, 15) is 0 Å². The molecule has 1 fully saturated rings. The lowest BCUT2D eigenvalue weighted by molar-refractivity contribution is 0.410. The maximum Gasteiger partial charge on any atom is 0.191 e. The Kier molecular flexibility index (Phi) is 8.53. The van der Waals surface area contributed by atoms with E-state index in [1.807, 2.05) is 30.8 Å². The van der Waals surface area contributed by atoms with Crippen LogP contribution in [0.15, 0.2) is 29.4 Å². The van der Waals surface area contributed by atoms with Crippen LogP contribution < -0.4 is 10.6 Å². The molecule has 6 nitrogen and oxygen atoms in total. The molecular weight excluding hydrogens is 451 g/mol. The Hall–Kier alpha value is -1.64. The Balaban J connectivity index is 0.00000261. The smallest absolute Gasteiger partial charge is 0.191 e. The number of nitrogens with zero attached hydrogens (tertiary/aromatic N) is 4. The van der Waals surface area contributed by atoms with Gasteiger partial charge in [-0.15, -0.1) is 24.0 Å². The van der Waals surface area contributed by atoms with E-state index in [1.54, 1.807) is 0 Å². The molecule has 0 unspecified atom stereocenters. The number of hydrogen-bond acceptors (Lipinski definition) is 3. The van der Waals surface area contributed by atoms with Crippen molar-refractivity contribution in [2.24, 2.45) is 4.99 Å². The first kappa shape index (κ1) is 21.7. The quantitative estimate of drug-likeness (QED) is 0.386. The summed E-state index contributed by atoms with van der Waals surface area (Å²) in [4.78, 5) is 9.29. The largest absolute Gasteiger partial charge is 0.357 e. The average Bonchev–Trinajstić information content (AvgIpc) is 2.99. The highest BCUT2D eigenvalue weighted by Crippen LogP contribution is 2.17. The second kappa shape index (κ2) is 10.6. The molecule has 0 amide bonds. The molecule has 1 aliphatic carbocycles. The van der Waals surface area contributed by atoms with Gasteiger partial charge >= 0.3 is 0 Å². The third-order valence-corrected chi connectivity index (χ3v) is 4.75. The first-order chi connectivity index (χ1) is 12.7. The van der Waals surface area contributed by atoms with Gasteiger partial charge in [0.1, 0.15) is 0 Å². The van der Waals surface area contributed by atoms with Gasteiger partial charge in [-0.25, -0.2) is 14.7 Å². The zero-order chi connectivity index (χ0) is 18.4. The van der Waals surface area contributed by atoms with E-state index in [0.29, 0.717) is 12.6 Å². The van der Waals surface area contributed by atoms with Gasteiger partial charge in [-0.1, -0.05) is 25.3 Å². The molecule has 1 saturated carbocycles. The molecule has 0 aromatic carbocycles. The van der Waals surface area contributed by atoms with Crippen molar-refractivity contribution in [1.82, 2.24) is 25.4 Å². The van der Waals surface area contributed by atoms with Gasteiger partial charge in [0.25, 0.3) is 0 Å². The lowest BCUT2D eigenvalue weighted by Crippen LogP contribution is -2.44. The monoisotopic (exact) mass is 482 g/mol. The molecule has 7 heteroatoms. The van der Waals surface area contributed by atoms with Crippen LogP contribution in [0.4, 0.5) is 0 Å².